The van der Waals surface area contributed by atoms with Crippen LogP contribution in [0.4, 0.5) is 0 Å². The summed E-state index contributed by atoms with van der Waals surface area (Å²) in [6, 6.07) is 0. The zero-order chi connectivity index (χ0) is 18.9. The van der Waals surface area contributed by atoms with Crippen LogP contribution in [-0.4, -0.2) is 9.97 Å². The summed E-state index contributed by atoms with van der Waals surface area (Å²) in [6.07, 6.45) is 21.1. The zero-order valence-corrected chi connectivity index (χ0v) is 16.8. The predicted octanol–water partition coefficient (Wildman–Crippen LogP) is 7.67. The number of aromatic amines is 1. The van der Waals surface area contributed by atoms with Crippen LogP contribution in [0.3, 0.4) is 0 Å². The number of rotatable bonds is 9. The minimum absolute atomic E-state index is 1.11. The minimum atomic E-state index is 1.11. The van der Waals surface area contributed by atoms with Gasteiger partial charge in [-0.15, -0.1) is 19.7 Å². The molecule has 0 fully saturated rings. The van der Waals surface area contributed by atoms with Crippen LogP contribution in [0.15, 0.2) is 50.4 Å². The number of unbranched alkanes of at least 4 members (excludes halogenated alkanes) is 7. The Morgan fingerprint density at radius 1 is 0.833 bits per heavy atom. The first-order chi connectivity index (χ1) is 11.7. The summed E-state index contributed by atoms with van der Waals surface area (Å²) >= 11 is 0. The largest absolute Gasteiger partial charge is 0.349 e. The molecule has 0 spiro atoms. The van der Waals surface area contributed by atoms with Crippen molar-refractivity contribution in [2.45, 2.75) is 85.5 Å². The SMILES string of the molecule is C=CC.C=CC.C=CC.CCCCCCCCCCc1ncc[nH]1. The molecule has 24 heavy (non-hydrogen) atoms. The topological polar surface area (TPSA) is 28.7 Å². The number of aryl methyl sites for hydroxylation is 1. The summed E-state index contributed by atoms with van der Waals surface area (Å²) in [6.45, 7) is 18.0. The van der Waals surface area contributed by atoms with Crippen molar-refractivity contribution in [3.05, 3.63) is 56.2 Å². The van der Waals surface area contributed by atoms with Gasteiger partial charge < -0.3 is 4.98 Å². The third-order valence-electron chi connectivity index (χ3n) is 2.82. The molecule has 0 bridgehead atoms. The van der Waals surface area contributed by atoms with Crippen LogP contribution in [0, 0.1) is 0 Å². The van der Waals surface area contributed by atoms with Gasteiger partial charge in [0, 0.05) is 18.8 Å². The van der Waals surface area contributed by atoms with E-state index in [1.165, 1.54) is 51.4 Å². The zero-order valence-electron chi connectivity index (χ0n) is 16.8. The average Bonchev–Trinajstić information content (AvgIpc) is 3.06. The molecule has 2 nitrogen and oxygen atoms in total. The molecule has 0 aliphatic rings. The highest BCUT2D eigenvalue weighted by Gasteiger charge is 1.95. The highest BCUT2D eigenvalue weighted by Crippen LogP contribution is 2.09. The molecule has 0 aromatic carbocycles. The van der Waals surface area contributed by atoms with Gasteiger partial charge in [0.05, 0.1) is 0 Å². The standard InChI is InChI=1S/C13H24N2.3C3H6/c1-2-3-4-5-6-7-8-9-10-13-14-11-12-15-13;3*1-3-2/h11-12H,2-10H2,1H3,(H,14,15);3*3H,1H2,2H3. The van der Waals surface area contributed by atoms with Crippen molar-refractivity contribution in [1.82, 2.24) is 9.97 Å². The average molecular weight is 335 g/mol. The summed E-state index contributed by atoms with van der Waals surface area (Å²) < 4.78 is 0. The summed E-state index contributed by atoms with van der Waals surface area (Å²) in [7, 11) is 0. The number of hydrogen-bond acceptors (Lipinski definition) is 1. The molecule has 1 N–H and O–H groups in total. The summed E-state index contributed by atoms with van der Waals surface area (Å²) in [5, 5.41) is 0. The fourth-order valence-electron chi connectivity index (χ4n) is 1.86. The second-order valence-corrected chi connectivity index (χ2v) is 5.49. The van der Waals surface area contributed by atoms with Gasteiger partial charge in [0.2, 0.25) is 0 Å². The Morgan fingerprint density at radius 2 is 1.25 bits per heavy atom. The molecule has 2 heteroatoms. The number of allylic oxidation sites excluding steroid dienone is 3. The predicted molar refractivity (Wildman–Crippen MR) is 113 cm³/mol. The molecule has 0 aliphatic heterocycles. The second kappa shape index (κ2) is 29.4. The molecule has 1 aromatic heterocycles. The lowest BCUT2D eigenvalue weighted by Crippen LogP contribution is -1.88. The first-order valence-electron chi connectivity index (χ1n) is 9.37. The lowest BCUT2D eigenvalue weighted by molar-refractivity contribution is 0.572. The lowest BCUT2D eigenvalue weighted by Gasteiger charge is -2.00. The van der Waals surface area contributed by atoms with Crippen molar-refractivity contribution in [1.29, 1.82) is 0 Å². The number of imidazole rings is 1. The maximum absolute atomic E-state index is 4.22. The number of nitrogens with one attached hydrogen (secondary N) is 1. The van der Waals surface area contributed by atoms with Gasteiger partial charge in [0.15, 0.2) is 0 Å². The third kappa shape index (κ3) is 32.4. The van der Waals surface area contributed by atoms with E-state index in [1.54, 1.807) is 18.2 Å². The van der Waals surface area contributed by atoms with Crippen LogP contribution >= 0.6 is 0 Å². The van der Waals surface area contributed by atoms with Crippen LogP contribution in [-0.2, 0) is 6.42 Å². The van der Waals surface area contributed by atoms with E-state index in [2.05, 4.69) is 36.6 Å². The van der Waals surface area contributed by atoms with Crippen molar-refractivity contribution in [3.8, 4) is 0 Å². The molecule has 0 atom stereocenters. The van der Waals surface area contributed by atoms with Gasteiger partial charge in [-0.3, -0.25) is 0 Å². The third-order valence-corrected chi connectivity index (χ3v) is 2.82. The normalized spacial score (nSPS) is 8.33. The van der Waals surface area contributed by atoms with Crippen LogP contribution in [0.1, 0.15) is 84.9 Å². The van der Waals surface area contributed by atoms with Crippen molar-refractivity contribution >= 4 is 0 Å². The lowest BCUT2D eigenvalue weighted by atomic mass is 10.1. The van der Waals surface area contributed by atoms with E-state index in [-0.39, 0.29) is 0 Å². The fourth-order valence-corrected chi connectivity index (χ4v) is 1.86. The van der Waals surface area contributed by atoms with Crippen LogP contribution < -0.4 is 0 Å². The summed E-state index contributed by atoms with van der Waals surface area (Å²) in [5.74, 6) is 1.14. The molecular weight excluding hydrogens is 292 g/mol. The molecule has 1 rings (SSSR count). The Bertz CT molecular complexity index is 311. The van der Waals surface area contributed by atoms with Gasteiger partial charge in [-0.2, -0.15) is 0 Å². The smallest absolute Gasteiger partial charge is 0.105 e. The first kappa shape index (κ1) is 27.3. The highest BCUT2D eigenvalue weighted by atomic mass is 14.9. The van der Waals surface area contributed by atoms with Gasteiger partial charge in [0.1, 0.15) is 5.82 Å². The Kier molecular flexibility index (Phi) is 33.5. The molecule has 0 unspecified atom stereocenters. The number of nitrogens with zero attached hydrogens (tertiary/aromatic N) is 1. The highest BCUT2D eigenvalue weighted by molar-refractivity contribution is 4.86. The van der Waals surface area contributed by atoms with Gasteiger partial charge in [-0.1, -0.05) is 70.1 Å². The maximum Gasteiger partial charge on any atom is 0.105 e. The molecule has 0 saturated carbocycles. The molecule has 0 amide bonds. The van der Waals surface area contributed by atoms with Crippen molar-refractivity contribution in [2.24, 2.45) is 0 Å². The van der Waals surface area contributed by atoms with E-state index < -0.39 is 0 Å². The molecular formula is C22H42N2. The molecule has 0 saturated heterocycles. The summed E-state index contributed by atoms with van der Waals surface area (Å²) in [5.41, 5.74) is 0. The Balaban J connectivity index is -0.000000410. The van der Waals surface area contributed by atoms with Gasteiger partial charge in [-0.05, 0) is 27.2 Å². The molecule has 1 aromatic rings. The van der Waals surface area contributed by atoms with Crippen LogP contribution in [0.25, 0.3) is 0 Å². The molecule has 1 heterocycles. The van der Waals surface area contributed by atoms with E-state index >= 15 is 0 Å². The quantitative estimate of drug-likeness (QED) is 0.364. The van der Waals surface area contributed by atoms with Gasteiger partial charge in [-0.25, -0.2) is 4.98 Å². The molecule has 140 valence electrons. The van der Waals surface area contributed by atoms with Gasteiger partial charge in [0.25, 0.3) is 0 Å². The first-order valence-corrected chi connectivity index (χ1v) is 9.37. The Morgan fingerprint density at radius 3 is 1.62 bits per heavy atom. The van der Waals surface area contributed by atoms with Crippen molar-refractivity contribution in [3.63, 3.8) is 0 Å². The monoisotopic (exact) mass is 334 g/mol. The van der Waals surface area contributed by atoms with Crippen LogP contribution in [0.2, 0.25) is 0 Å². The fraction of sp³-hybridized carbons (Fsp3) is 0.591. The Labute approximate surface area is 152 Å². The number of H-pyrrole nitrogens is 1. The van der Waals surface area contributed by atoms with Crippen LogP contribution in [0.5, 0.6) is 0 Å². The summed E-state index contributed by atoms with van der Waals surface area (Å²) in [4.78, 5) is 7.36. The van der Waals surface area contributed by atoms with Crippen molar-refractivity contribution in [2.75, 3.05) is 0 Å². The number of hydrogen-bond donors (Lipinski definition) is 1. The van der Waals surface area contributed by atoms with Gasteiger partial charge >= 0.3 is 0 Å². The van der Waals surface area contributed by atoms with E-state index in [9.17, 15) is 0 Å². The number of aromatic nitrogens is 2. The van der Waals surface area contributed by atoms with E-state index in [0.717, 1.165) is 12.2 Å². The molecule has 0 radical (unpaired) electrons. The molecule has 0 aliphatic carbocycles. The van der Waals surface area contributed by atoms with Crippen molar-refractivity contribution < 1.29 is 0 Å². The van der Waals surface area contributed by atoms with E-state index in [4.69, 9.17) is 0 Å². The van der Waals surface area contributed by atoms with E-state index in [1.807, 2.05) is 33.2 Å². The second-order valence-electron chi connectivity index (χ2n) is 5.49. The maximum atomic E-state index is 4.22. The Hall–Kier alpha value is -1.57. The minimum Gasteiger partial charge on any atom is -0.349 e. The van der Waals surface area contributed by atoms with E-state index in [0.29, 0.717) is 0 Å².